The van der Waals surface area contributed by atoms with Crippen LogP contribution in [0.15, 0.2) is 0 Å². The van der Waals surface area contributed by atoms with Gasteiger partial charge in [-0.3, -0.25) is 0 Å². The quantitative estimate of drug-likeness (QED) is 0.595. The maximum absolute atomic E-state index is 6.15. The molecule has 0 spiro atoms. The van der Waals surface area contributed by atoms with Crippen molar-refractivity contribution in [2.24, 2.45) is 0 Å². The number of hydrogen-bond donors (Lipinski definition) is 0. The fraction of sp³-hybridized carbons (Fsp3) is 1.00. The van der Waals surface area contributed by atoms with E-state index in [9.17, 15) is 0 Å². The molecule has 124 valence electrons. The molecule has 2 fully saturated rings. The van der Waals surface area contributed by atoms with E-state index in [0.717, 1.165) is 52.1 Å². The van der Waals surface area contributed by atoms with Crippen LogP contribution in [0.25, 0.3) is 0 Å². The summed E-state index contributed by atoms with van der Waals surface area (Å²) in [6, 6.07) is 0. The molecule has 2 aliphatic heterocycles. The van der Waals surface area contributed by atoms with Crippen molar-refractivity contribution in [3.05, 3.63) is 0 Å². The van der Waals surface area contributed by atoms with Crippen LogP contribution in [0.1, 0.15) is 78.1 Å². The number of ether oxygens (including phenoxy) is 3. The zero-order valence-electron chi connectivity index (χ0n) is 14.1. The topological polar surface area (TPSA) is 27.7 Å². The SMILES string of the molecule is CCCCC1(COCC2(CCCC)CCCO2)CCCO1. The van der Waals surface area contributed by atoms with Crippen molar-refractivity contribution in [2.45, 2.75) is 89.3 Å². The van der Waals surface area contributed by atoms with Crippen LogP contribution in [0, 0.1) is 0 Å². The Bertz CT molecular complexity index is 250. The van der Waals surface area contributed by atoms with Gasteiger partial charge in [0.15, 0.2) is 0 Å². The second-order valence-electron chi connectivity index (χ2n) is 6.97. The summed E-state index contributed by atoms with van der Waals surface area (Å²) >= 11 is 0. The summed E-state index contributed by atoms with van der Waals surface area (Å²) in [5, 5.41) is 0. The molecule has 0 aromatic rings. The van der Waals surface area contributed by atoms with Gasteiger partial charge in [0.05, 0.1) is 24.4 Å². The second-order valence-corrected chi connectivity index (χ2v) is 6.97. The van der Waals surface area contributed by atoms with Gasteiger partial charge in [0.2, 0.25) is 0 Å². The van der Waals surface area contributed by atoms with Crippen LogP contribution in [0.2, 0.25) is 0 Å². The summed E-state index contributed by atoms with van der Waals surface area (Å²) in [6.07, 6.45) is 11.9. The summed E-state index contributed by atoms with van der Waals surface area (Å²) < 4.78 is 18.3. The molecule has 2 rings (SSSR count). The summed E-state index contributed by atoms with van der Waals surface area (Å²) in [4.78, 5) is 0. The van der Waals surface area contributed by atoms with Gasteiger partial charge in [-0.25, -0.2) is 0 Å². The monoisotopic (exact) mass is 298 g/mol. The molecule has 2 atom stereocenters. The lowest BCUT2D eigenvalue weighted by molar-refractivity contribution is -0.115. The maximum atomic E-state index is 6.15. The molecule has 3 heteroatoms. The lowest BCUT2D eigenvalue weighted by Gasteiger charge is -2.32. The summed E-state index contributed by atoms with van der Waals surface area (Å²) in [6.45, 7) is 7.81. The Morgan fingerprint density at radius 3 is 1.62 bits per heavy atom. The van der Waals surface area contributed by atoms with Gasteiger partial charge in [0.1, 0.15) is 0 Å². The molecule has 2 unspecified atom stereocenters. The van der Waals surface area contributed by atoms with E-state index in [1.165, 1.54) is 38.5 Å². The van der Waals surface area contributed by atoms with Crippen LogP contribution in [0.4, 0.5) is 0 Å². The predicted molar refractivity (Wildman–Crippen MR) is 85.7 cm³/mol. The first-order valence-electron chi connectivity index (χ1n) is 9.10. The third-order valence-electron chi connectivity index (χ3n) is 5.07. The zero-order valence-corrected chi connectivity index (χ0v) is 14.1. The van der Waals surface area contributed by atoms with E-state index in [-0.39, 0.29) is 11.2 Å². The Morgan fingerprint density at radius 1 is 0.810 bits per heavy atom. The lowest BCUT2D eigenvalue weighted by Crippen LogP contribution is -2.39. The molecule has 2 aliphatic rings. The van der Waals surface area contributed by atoms with E-state index in [1.54, 1.807) is 0 Å². The lowest BCUT2D eigenvalue weighted by atomic mass is 9.93. The minimum Gasteiger partial charge on any atom is -0.375 e. The Morgan fingerprint density at radius 2 is 1.29 bits per heavy atom. The fourth-order valence-corrected chi connectivity index (χ4v) is 3.70. The highest BCUT2D eigenvalue weighted by Crippen LogP contribution is 2.34. The van der Waals surface area contributed by atoms with E-state index in [4.69, 9.17) is 14.2 Å². The Balaban J connectivity index is 1.79. The first-order chi connectivity index (χ1) is 10.2. The highest BCUT2D eigenvalue weighted by atomic mass is 16.6. The van der Waals surface area contributed by atoms with Crippen molar-refractivity contribution < 1.29 is 14.2 Å². The zero-order chi connectivity index (χ0) is 15.0. The van der Waals surface area contributed by atoms with Gasteiger partial charge in [-0.1, -0.05) is 39.5 Å². The van der Waals surface area contributed by atoms with Crippen LogP contribution in [-0.4, -0.2) is 37.6 Å². The highest BCUT2D eigenvalue weighted by molar-refractivity contribution is 4.88. The van der Waals surface area contributed by atoms with E-state index < -0.39 is 0 Å². The van der Waals surface area contributed by atoms with Crippen LogP contribution in [0.3, 0.4) is 0 Å². The van der Waals surface area contributed by atoms with Crippen molar-refractivity contribution in [1.29, 1.82) is 0 Å². The molecule has 0 radical (unpaired) electrons. The summed E-state index contributed by atoms with van der Waals surface area (Å²) in [7, 11) is 0. The molecule has 3 nitrogen and oxygen atoms in total. The van der Waals surface area contributed by atoms with Gasteiger partial charge >= 0.3 is 0 Å². The van der Waals surface area contributed by atoms with Gasteiger partial charge in [0, 0.05) is 13.2 Å². The van der Waals surface area contributed by atoms with Crippen molar-refractivity contribution in [3.8, 4) is 0 Å². The van der Waals surface area contributed by atoms with E-state index >= 15 is 0 Å². The van der Waals surface area contributed by atoms with Crippen molar-refractivity contribution in [2.75, 3.05) is 26.4 Å². The first kappa shape index (κ1) is 17.2. The third-order valence-corrected chi connectivity index (χ3v) is 5.07. The van der Waals surface area contributed by atoms with E-state index in [2.05, 4.69) is 13.8 Å². The number of hydrogen-bond acceptors (Lipinski definition) is 3. The molecule has 0 saturated carbocycles. The molecule has 0 aliphatic carbocycles. The maximum Gasteiger partial charge on any atom is 0.0915 e. The van der Waals surface area contributed by atoms with Crippen LogP contribution in [0.5, 0.6) is 0 Å². The average molecular weight is 298 g/mol. The third kappa shape index (κ3) is 4.94. The second kappa shape index (κ2) is 8.50. The van der Waals surface area contributed by atoms with Gasteiger partial charge in [-0.05, 0) is 38.5 Å². The number of unbranched alkanes of at least 4 members (excludes halogenated alkanes) is 2. The molecule has 2 heterocycles. The summed E-state index contributed by atoms with van der Waals surface area (Å²) in [5.41, 5.74) is 0.00111. The Hall–Kier alpha value is -0.120. The van der Waals surface area contributed by atoms with E-state index in [0.29, 0.717) is 0 Å². The minimum atomic E-state index is 0.000556. The molecule has 0 aromatic carbocycles. The van der Waals surface area contributed by atoms with Gasteiger partial charge < -0.3 is 14.2 Å². The summed E-state index contributed by atoms with van der Waals surface area (Å²) in [5.74, 6) is 0. The molecule has 0 bridgehead atoms. The smallest absolute Gasteiger partial charge is 0.0915 e. The molecule has 0 aromatic heterocycles. The van der Waals surface area contributed by atoms with Crippen LogP contribution in [-0.2, 0) is 14.2 Å². The first-order valence-corrected chi connectivity index (χ1v) is 9.10. The van der Waals surface area contributed by atoms with Gasteiger partial charge in [-0.15, -0.1) is 0 Å². The van der Waals surface area contributed by atoms with Crippen molar-refractivity contribution in [3.63, 3.8) is 0 Å². The average Bonchev–Trinajstić information content (AvgIpc) is 3.14. The highest BCUT2D eigenvalue weighted by Gasteiger charge is 2.38. The normalized spacial score (nSPS) is 32.9. The Kier molecular flexibility index (Phi) is 6.97. The molecular weight excluding hydrogens is 264 g/mol. The van der Waals surface area contributed by atoms with Crippen molar-refractivity contribution in [1.82, 2.24) is 0 Å². The van der Waals surface area contributed by atoms with E-state index in [1.807, 2.05) is 0 Å². The fourth-order valence-electron chi connectivity index (χ4n) is 3.70. The largest absolute Gasteiger partial charge is 0.375 e. The van der Waals surface area contributed by atoms with Gasteiger partial charge in [0.25, 0.3) is 0 Å². The molecule has 0 amide bonds. The Labute approximate surface area is 130 Å². The van der Waals surface area contributed by atoms with Crippen LogP contribution >= 0.6 is 0 Å². The van der Waals surface area contributed by atoms with Crippen molar-refractivity contribution >= 4 is 0 Å². The molecular formula is C18H34O3. The van der Waals surface area contributed by atoms with Gasteiger partial charge in [-0.2, -0.15) is 0 Å². The molecule has 21 heavy (non-hydrogen) atoms. The molecule has 2 saturated heterocycles. The molecule has 0 N–H and O–H groups in total. The van der Waals surface area contributed by atoms with Crippen LogP contribution < -0.4 is 0 Å². The predicted octanol–water partition coefficient (Wildman–Crippen LogP) is 4.48. The number of rotatable bonds is 10. The standard InChI is InChI=1S/C18H34O3/c1-3-5-9-17(11-7-13-20-17)15-19-16-18(10-6-4-2)12-8-14-21-18/h3-16H2,1-2H3. The minimum absolute atomic E-state index is 0.000556.